The molecule has 2 aromatic rings. The van der Waals surface area contributed by atoms with Crippen molar-refractivity contribution in [3.05, 3.63) is 53.6 Å². The van der Waals surface area contributed by atoms with Crippen LogP contribution in [0.15, 0.2) is 47.4 Å². The lowest BCUT2D eigenvalue weighted by Crippen LogP contribution is -2.14. The molecule has 0 heterocycles. The molecule has 2 rings (SSSR count). The van der Waals surface area contributed by atoms with Crippen LogP contribution in [0.4, 0.5) is 11.4 Å². The normalized spacial score (nSPS) is 11.1. The Morgan fingerprint density at radius 3 is 2.29 bits per heavy atom. The van der Waals surface area contributed by atoms with Gasteiger partial charge in [0.05, 0.1) is 4.90 Å². The van der Waals surface area contributed by atoms with E-state index < -0.39 is 10.0 Å². The first-order chi connectivity index (χ1) is 9.79. The summed E-state index contributed by atoms with van der Waals surface area (Å²) in [4.78, 5) is 11.3. The predicted octanol–water partition coefficient (Wildman–Crippen LogP) is 2.58. The maximum Gasteiger partial charge on any atom is 0.262 e. The fraction of sp³-hybridized carbons (Fsp3) is 0.133. The molecule has 0 aliphatic rings. The highest BCUT2D eigenvalue weighted by Crippen LogP contribution is 2.21. The van der Waals surface area contributed by atoms with Gasteiger partial charge in [0, 0.05) is 16.9 Å². The van der Waals surface area contributed by atoms with E-state index in [1.807, 2.05) is 0 Å². The molecule has 0 amide bonds. The van der Waals surface area contributed by atoms with Gasteiger partial charge in [-0.1, -0.05) is 6.07 Å². The number of hydrogen-bond donors (Lipinski definition) is 2. The van der Waals surface area contributed by atoms with Gasteiger partial charge in [0.25, 0.3) is 10.0 Å². The maximum atomic E-state index is 12.4. The summed E-state index contributed by atoms with van der Waals surface area (Å²) in [6.07, 6.45) is 0. The minimum atomic E-state index is -3.71. The molecule has 0 atom stereocenters. The van der Waals surface area contributed by atoms with Crippen LogP contribution < -0.4 is 10.5 Å². The van der Waals surface area contributed by atoms with Crippen molar-refractivity contribution in [1.82, 2.24) is 0 Å². The minimum Gasteiger partial charge on any atom is -0.399 e. The lowest BCUT2D eigenvalue weighted by atomic mass is 10.1. The van der Waals surface area contributed by atoms with Crippen molar-refractivity contribution in [3.63, 3.8) is 0 Å². The van der Waals surface area contributed by atoms with E-state index in [1.165, 1.54) is 13.0 Å². The molecule has 0 bridgehead atoms. The van der Waals surface area contributed by atoms with Gasteiger partial charge in [0.2, 0.25) is 0 Å². The smallest absolute Gasteiger partial charge is 0.262 e. The van der Waals surface area contributed by atoms with Crippen molar-refractivity contribution in [2.24, 2.45) is 0 Å². The fourth-order valence-electron chi connectivity index (χ4n) is 1.89. The Morgan fingerprint density at radius 1 is 1.10 bits per heavy atom. The van der Waals surface area contributed by atoms with Gasteiger partial charge >= 0.3 is 0 Å². The van der Waals surface area contributed by atoms with Gasteiger partial charge in [0.1, 0.15) is 0 Å². The number of nitrogens with one attached hydrogen (secondary N) is 1. The van der Waals surface area contributed by atoms with Crippen LogP contribution in [0, 0.1) is 6.92 Å². The molecule has 3 N–H and O–H groups in total. The van der Waals surface area contributed by atoms with Gasteiger partial charge in [0.15, 0.2) is 5.78 Å². The van der Waals surface area contributed by atoms with Crippen molar-refractivity contribution < 1.29 is 13.2 Å². The summed E-state index contributed by atoms with van der Waals surface area (Å²) in [5.41, 5.74) is 7.55. The van der Waals surface area contributed by atoms with Crippen LogP contribution in [0.1, 0.15) is 22.8 Å². The summed E-state index contributed by atoms with van der Waals surface area (Å²) in [5.74, 6) is -0.0731. The van der Waals surface area contributed by atoms with Crippen LogP contribution in [0.25, 0.3) is 0 Å². The average Bonchev–Trinajstić information content (AvgIpc) is 2.41. The second-order valence-electron chi connectivity index (χ2n) is 4.76. The maximum absolute atomic E-state index is 12.4. The van der Waals surface area contributed by atoms with Crippen molar-refractivity contribution in [1.29, 1.82) is 0 Å². The molecule has 5 nitrogen and oxygen atoms in total. The number of nitrogen functional groups attached to an aromatic ring is 1. The third-order valence-electron chi connectivity index (χ3n) is 3.05. The Labute approximate surface area is 123 Å². The molecule has 0 unspecified atom stereocenters. The second-order valence-corrected chi connectivity index (χ2v) is 6.41. The third-order valence-corrected chi connectivity index (χ3v) is 4.57. The number of anilines is 2. The van der Waals surface area contributed by atoms with E-state index in [9.17, 15) is 13.2 Å². The number of rotatable bonds is 4. The zero-order valence-electron chi connectivity index (χ0n) is 11.8. The highest BCUT2D eigenvalue weighted by molar-refractivity contribution is 7.92. The molecular formula is C15H16N2O3S. The number of nitrogens with two attached hydrogens (primary N) is 1. The first-order valence-electron chi connectivity index (χ1n) is 6.29. The first kappa shape index (κ1) is 15.1. The third kappa shape index (κ3) is 3.41. The zero-order valence-corrected chi connectivity index (χ0v) is 12.6. The molecule has 0 aliphatic carbocycles. The van der Waals surface area contributed by atoms with Crippen molar-refractivity contribution in [2.45, 2.75) is 18.7 Å². The Kier molecular flexibility index (Phi) is 3.99. The van der Waals surface area contributed by atoms with Crippen LogP contribution >= 0.6 is 0 Å². The molecule has 6 heteroatoms. The predicted molar refractivity (Wildman–Crippen MR) is 82.8 cm³/mol. The summed E-state index contributed by atoms with van der Waals surface area (Å²) in [6, 6.07) is 11.0. The molecule has 0 fully saturated rings. The quantitative estimate of drug-likeness (QED) is 0.671. The van der Waals surface area contributed by atoms with E-state index in [4.69, 9.17) is 5.73 Å². The van der Waals surface area contributed by atoms with Crippen LogP contribution in [0.2, 0.25) is 0 Å². The van der Waals surface area contributed by atoms with Crippen LogP contribution in [-0.4, -0.2) is 14.2 Å². The van der Waals surface area contributed by atoms with E-state index in [2.05, 4.69) is 4.72 Å². The monoisotopic (exact) mass is 304 g/mol. The summed E-state index contributed by atoms with van der Waals surface area (Å²) < 4.78 is 27.2. The molecule has 0 aromatic heterocycles. The number of sulfonamides is 1. The zero-order chi connectivity index (χ0) is 15.6. The van der Waals surface area contributed by atoms with E-state index >= 15 is 0 Å². The summed E-state index contributed by atoms with van der Waals surface area (Å²) in [6.45, 7) is 3.15. The van der Waals surface area contributed by atoms with Gasteiger partial charge in [-0.15, -0.1) is 0 Å². The van der Waals surface area contributed by atoms with Crippen molar-refractivity contribution in [3.8, 4) is 0 Å². The minimum absolute atomic E-state index is 0.0731. The van der Waals surface area contributed by atoms with Crippen LogP contribution in [0.3, 0.4) is 0 Å². The highest BCUT2D eigenvalue weighted by Gasteiger charge is 2.17. The fourth-order valence-corrected chi connectivity index (χ4v) is 3.23. The number of aryl methyl sites for hydroxylation is 1. The van der Waals surface area contributed by atoms with Gasteiger partial charge in [-0.25, -0.2) is 8.42 Å². The number of hydrogen-bond acceptors (Lipinski definition) is 4. The summed E-state index contributed by atoms with van der Waals surface area (Å²) in [5, 5.41) is 0. The van der Waals surface area contributed by atoms with E-state index in [1.54, 1.807) is 43.3 Å². The molecule has 0 saturated carbocycles. The number of carbonyl (C=O) groups excluding carboxylic acids is 1. The molecule has 0 spiro atoms. The number of Topliss-reactive ketones (excluding diaryl/α,β-unsaturated/α-hetero) is 1. The Balaban J connectivity index is 2.33. The molecule has 21 heavy (non-hydrogen) atoms. The summed E-state index contributed by atoms with van der Waals surface area (Å²) in [7, 11) is -3.71. The SMILES string of the molecule is CC(=O)c1ccc(NS(=O)(=O)c2cc(N)ccc2C)cc1. The Hall–Kier alpha value is -2.34. The van der Waals surface area contributed by atoms with E-state index in [0.717, 1.165) is 0 Å². The lowest BCUT2D eigenvalue weighted by Gasteiger charge is -2.11. The molecule has 0 aliphatic heterocycles. The van der Waals surface area contributed by atoms with Gasteiger partial charge in [-0.3, -0.25) is 9.52 Å². The van der Waals surface area contributed by atoms with E-state index in [0.29, 0.717) is 22.5 Å². The average molecular weight is 304 g/mol. The summed E-state index contributed by atoms with van der Waals surface area (Å²) >= 11 is 0. The Morgan fingerprint density at radius 2 is 1.71 bits per heavy atom. The molecular weight excluding hydrogens is 288 g/mol. The topological polar surface area (TPSA) is 89.3 Å². The Bertz CT molecular complexity index is 781. The lowest BCUT2D eigenvalue weighted by molar-refractivity contribution is 0.101. The highest BCUT2D eigenvalue weighted by atomic mass is 32.2. The molecule has 0 radical (unpaired) electrons. The standard InChI is InChI=1S/C15H16N2O3S/c1-10-3-6-13(16)9-15(10)21(19,20)17-14-7-4-12(5-8-14)11(2)18/h3-9,17H,16H2,1-2H3. The molecule has 0 saturated heterocycles. The molecule has 110 valence electrons. The number of benzene rings is 2. The van der Waals surface area contributed by atoms with Crippen molar-refractivity contribution >= 4 is 27.2 Å². The van der Waals surface area contributed by atoms with Gasteiger partial charge in [-0.2, -0.15) is 0 Å². The van der Waals surface area contributed by atoms with Gasteiger partial charge < -0.3 is 5.73 Å². The van der Waals surface area contributed by atoms with Crippen molar-refractivity contribution in [2.75, 3.05) is 10.5 Å². The largest absolute Gasteiger partial charge is 0.399 e. The van der Waals surface area contributed by atoms with Crippen LogP contribution in [0.5, 0.6) is 0 Å². The first-order valence-corrected chi connectivity index (χ1v) is 7.78. The number of carbonyl (C=O) groups is 1. The second kappa shape index (κ2) is 5.57. The molecule has 2 aromatic carbocycles. The van der Waals surface area contributed by atoms with Crippen LogP contribution in [-0.2, 0) is 10.0 Å². The number of ketones is 1. The van der Waals surface area contributed by atoms with Gasteiger partial charge in [-0.05, 0) is 55.8 Å². The van der Waals surface area contributed by atoms with E-state index in [-0.39, 0.29) is 10.7 Å².